The Morgan fingerprint density at radius 3 is 2.50 bits per heavy atom. The van der Waals surface area contributed by atoms with Crippen molar-refractivity contribution >= 4 is 23.6 Å². The highest BCUT2D eigenvalue weighted by Gasteiger charge is 2.28. The molecule has 1 N–H and O–H groups in total. The van der Waals surface area contributed by atoms with Gasteiger partial charge in [0.15, 0.2) is 0 Å². The van der Waals surface area contributed by atoms with Crippen LogP contribution >= 0.6 is 0 Å². The largest absolute Gasteiger partial charge is 0.326 e. The summed E-state index contributed by atoms with van der Waals surface area (Å²) in [6, 6.07) is 15.5. The van der Waals surface area contributed by atoms with Gasteiger partial charge in [0.1, 0.15) is 0 Å². The molecule has 4 nitrogen and oxygen atoms in total. The molecule has 0 saturated heterocycles. The first-order valence-corrected chi connectivity index (χ1v) is 9.03. The molecule has 0 radical (unpaired) electrons. The minimum Gasteiger partial charge on any atom is -0.326 e. The molecule has 0 fully saturated rings. The summed E-state index contributed by atoms with van der Waals surface area (Å²) < 4.78 is 0. The van der Waals surface area contributed by atoms with Gasteiger partial charge in [-0.3, -0.25) is 9.59 Å². The van der Waals surface area contributed by atoms with E-state index < -0.39 is 0 Å². The number of amides is 2. The van der Waals surface area contributed by atoms with E-state index in [1.165, 1.54) is 12.5 Å². The average molecular weight is 348 g/mol. The van der Waals surface area contributed by atoms with Gasteiger partial charge in [-0.2, -0.15) is 0 Å². The standard InChI is InChI=1S/C22H24N2O2/c1-3-6-17-9-11-19(12-10-17)23-22(26)15-21-20-8-5-4-7-18(20)13-14-24(21)16(2)25/h4-5,7-14,21H,3,6,15H2,1-2H3,(H,23,26). The first kappa shape index (κ1) is 17.9. The van der Waals surface area contributed by atoms with E-state index >= 15 is 0 Å². The second-order valence-corrected chi connectivity index (χ2v) is 6.59. The third-order valence-electron chi connectivity index (χ3n) is 4.62. The van der Waals surface area contributed by atoms with E-state index in [0.717, 1.165) is 29.7 Å². The molecule has 0 spiro atoms. The molecule has 4 heteroatoms. The summed E-state index contributed by atoms with van der Waals surface area (Å²) in [7, 11) is 0. The second-order valence-electron chi connectivity index (χ2n) is 6.59. The Morgan fingerprint density at radius 1 is 1.08 bits per heavy atom. The van der Waals surface area contributed by atoms with Crippen LogP contribution in [0.4, 0.5) is 5.69 Å². The highest BCUT2D eigenvalue weighted by molar-refractivity contribution is 5.92. The summed E-state index contributed by atoms with van der Waals surface area (Å²) >= 11 is 0. The Labute approximate surface area is 154 Å². The zero-order chi connectivity index (χ0) is 18.5. The summed E-state index contributed by atoms with van der Waals surface area (Å²) in [5.74, 6) is -0.174. The number of carbonyl (C=O) groups is 2. The third-order valence-corrected chi connectivity index (χ3v) is 4.62. The molecule has 1 aliphatic rings. The van der Waals surface area contributed by atoms with Crippen LogP contribution in [0.25, 0.3) is 6.08 Å². The Kier molecular flexibility index (Phi) is 5.52. The van der Waals surface area contributed by atoms with Crippen LogP contribution in [0.15, 0.2) is 54.7 Å². The van der Waals surface area contributed by atoms with Crippen LogP contribution in [0.2, 0.25) is 0 Å². The monoisotopic (exact) mass is 348 g/mol. The van der Waals surface area contributed by atoms with Gasteiger partial charge in [0.2, 0.25) is 11.8 Å². The predicted molar refractivity (Wildman–Crippen MR) is 104 cm³/mol. The van der Waals surface area contributed by atoms with Gasteiger partial charge >= 0.3 is 0 Å². The van der Waals surface area contributed by atoms with Crippen LogP contribution in [0.5, 0.6) is 0 Å². The molecule has 0 bridgehead atoms. The van der Waals surface area contributed by atoms with Gasteiger partial charge in [-0.1, -0.05) is 49.7 Å². The van der Waals surface area contributed by atoms with Crippen LogP contribution in [-0.2, 0) is 16.0 Å². The van der Waals surface area contributed by atoms with E-state index in [4.69, 9.17) is 0 Å². The van der Waals surface area contributed by atoms with Crippen LogP contribution in [0.3, 0.4) is 0 Å². The maximum atomic E-state index is 12.6. The van der Waals surface area contributed by atoms with Crippen molar-refractivity contribution in [1.29, 1.82) is 0 Å². The zero-order valence-electron chi connectivity index (χ0n) is 15.2. The molecule has 1 unspecified atom stereocenters. The van der Waals surface area contributed by atoms with Gasteiger partial charge in [-0.25, -0.2) is 0 Å². The fraction of sp³-hybridized carbons (Fsp3) is 0.273. The molecule has 0 aliphatic carbocycles. The lowest BCUT2D eigenvalue weighted by Gasteiger charge is -2.32. The van der Waals surface area contributed by atoms with Crippen LogP contribution in [0.1, 0.15) is 49.4 Å². The van der Waals surface area contributed by atoms with Crippen molar-refractivity contribution in [3.63, 3.8) is 0 Å². The number of fused-ring (bicyclic) bond motifs is 1. The first-order valence-electron chi connectivity index (χ1n) is 9.03. The fourth-order valence-electron chi connectivity index (χ4n) is 3.34. The SMILES string of the molecule is CCCc1ccc(NC(=O)CC2c3ccccc3C=CN2C(C)=O)cc1. The molecule has 1 atom stereocenters. The minimum absolute atomic E-state index is 0.0718. The molecule has 2 amide bonds. The van der Waals surface area contributed by atoms with Gasteiger partial charge in [0.05, 0.1) is 12.5 Å². The van der Waals surface area contributed by atoms with E-state index in [-0.39, 0.29) is 24.3 Å². The highest BCUT2D eigenvalue weighted by atomic mass is 16.2. The fourth-order valence-corrected chi connectivity index (χ4v) is 3.34. The molecule has 0 saturated carbocycles. The normalized spacial score (nSPS) is 15.5. The van der Waals surface area contributed by atoms with Gasteiger partial charge in [-0.05, 0) is 41.3 Å². The van der Waals surface area contributed by atoms with E-state index in [1.807, 2.05) is 54.6 Å². The molecule has 134 valence electrons. The zero-order valence-corrected chi connectivity index (χ0v) is 15.2. The number of nitrogens with zero attached hydrogens (tertiary/aromatic N) is 1. The molecule has 2 aromatic rings. The molecule has 3 rings (SSSR count). The lowest BCUT2D eigenvalue weighted by Crippen LogP contribution is -2.33. The summed E-state index contributed by atoms with van der Waals surface area (Å²) in [5, 5.41) is 2.95. The maximum absolute atomic E-state index is 12.6. The maximum Gasteiger partial charge on any atom is 0.226 e. The molecule has 0 aromatic heterocycles. The number of rotatable bonds is 5. The summed E-state index contributed by atoms with van der Waals surface area (Å²) in [4.78, 5) is 26.2. The van der Waals surface area contributed by atoms with E-state index in [0.29, 0.717) is 0 Å². The lowest BCUT2D eigenvalue weighted by molar-refractivity contribution is -0.129. The van der Waals surface area contributed by atoms with Gasteiger partial charge in [-0.15, -0.1) is 0 Å². The van der Waals surface area contributed by atoms with Crippen molar-refractivity contribution < 1.29 is 9.59 Å². The Hall–Kier alpha value is -2.88. The Morgan fingerprint density at radius 2 is 1.81 bits per heavy atom. The van der Waals surface area contributed by atoms with E-state index in [9.17, 15) is 9.59 Å². The number of aryl methyl sites for hydroxylation is 1. The molecule has 2 aromatic carbocycles. The predicted octanol–water partition coefficient (Wildman–Crippen LogP) is 4.54. The molecule has 26 heavy (non-hydrogen) atoms. The quantitative estimate of drug-likeness (QED) is 0.862. The summed E-state index contributed by atoms with van der Waals surface area (Å²) in [6.45, 7) is 3.67. The molecular formula is C22H24N2O2. The van der Waals surface area contributed by atoms with Crippen LogP contribution in [-0.4, -0.2) is 16.7 Å². The number of nitrogens with one attached hydrogen (secondary N) is 1. The smallest absolute Gasteiger partial charge is 0.226 e. The molecular weight excluding hydrogens is 324 g/mol. The van der Waals surface area contributed by atoms with Gasteiger partial charge in [0.25, 0.3) is 0 Å². The van der Waals surface area contributed by atoms with Crippen molar-refractivity contribution in [3.8, 4) is 0 Å². The van der Waals surface area contributed by atoms with E-state index in [2.05, 4.69) is 12.2 Å². The summed E-state index contributed by atoms with van der Waals surface area (Å²) in [5.41, 5.74) is 4.09. The van der Waals surface area contributed by atoms with Crippen molar-refractivity contribution in [2.75, 3.05) is 5.32 Å². The first-order chi connectivity index (χ1) is 12.6. The van der Waals surface area contributed by atoms with Crippen molar-refractivity contribution in [2.45, 2.75) is 39.2 Å². The van der Waals surface area contributed by atoms with Gasteiger partial charge < -0.3 is 10.2 Å². The summed E-state index contributed by atoms with van der Waals surface area (Å²) in [6.07, 6.45) is 6.03. The lowest BCUT2D eigenvalue weighted by atomic mass is 9.93. The Bertz CT molecular complexity index is 824. The number of hydrogen-bond acceptors (Lipinski definition) is 2. The second kappa shape index (κ2) is 8.00. The van der Waals surface area contributed by atoms with Gasteiger partial charge in [0, 0.05) is 18.8 Å². The topological polar surface area (TPSA) is 49.4 Å². The molecule has 1 heterocycles. The average Bonchev–Trinajstić information content (AvgIpc) is 2.63. The van der Waals surface area contributed by atoms with Crippen molar-refractivity contribution in [2.24, 2.45) is 0 Å². The number of benzene rings is 2. The van der Waals surface area contributed by atoms with Crippen molar-refractivity contribution in [1.82, 2.24) is 4.90 Å². The third kappa shape index (κ3) is 4.02. The highest BCUT2D eigenvalue weighted by Crippen LogP contribution is 2.33. The van der Waals surface area contributed by atoms with Crippen molar-refractivity contribution in [3.05, 3.63) is 71.4 Å². The van der Waals surface area contributed by atoms with Crippen LogP contribution in [0, 0.1) is 0 Å². The minimum atomic E-state index is -0.284. The Balaban J connectivity index is 1.74. The number of hydrogen-bond donors (Lipinski definition) is 1. The van der Waals surface area contributed by atoms with Crippen LogP contribution < -0.4 is 5.32 Å². The number of carbonyl (C=O) groups excluding carboxylic acids is 2. The molecule has 1 aliphatic heterocycles. The van der Waals surface area contributed by atoms with E-state index in [1.54, 1.807) is 11.1 Å². The number of anilines is 1.